The Morgan fingerprint density at radius 1 is 0.660 bits per heavy atom. The Balaban J connectivity index is 4.33. The molecule has 0 saturated heterocycles. The van der Waals surface area contributed by atoms with E-state index in [1.165, 1.54) is 77.0 Å². The first-order valence-electron chi connectivity index (χ1n) is 19.1. The lowest BCUT2D eigenvalue weighted by Gasteiger charge is -2.28. The molecule has 0 radical (unpaired) electrons. The van der Waals surface area contributed by atoms with Gasteiger partial charge in [-0.15, -0.1) is 0 Å². The Kier molecular flexibility index (Phi) is 31.5. The summed E-state index contributed by atoms with van der Waals surface area (Å²) < 4.78 is 34.4. The van der Waals surface area contributed by atoms with Crippen LogP contribution in [0.15, 0.2) is 24.3 Å². The Morgan fingerprint density at radius 2 is 1.19 bits per heavy atom. The van der Waals surface area contributed by atoms with Crippen LogP contribution in [0.3, 0.4) is 0 Å². The second-order valence-electron chi connectivity index (χ2n) is 13.9. The molecule has 0 aromatic rings. The van der Waals surface area contributed by atoms with Crippen LogP contribution in [0.4, 0.5) is 0 Å². The lowest BCUT2D eigenvalue weighted by atomic mass is 10.1. The van der Waals surface area contributed by atoms with Crippen molar-refractivity contribution in [2.24, 2.45) is 0 Å². The van der Waals surface area contributed by atoms with Crippen LogP contribution in [0.5, 0.6) is 0 Å². The number of nitrogens with zero attached hydrogens (tertiary/aromatic N) is 1. The number of quaternary nitrogens is 1. The first-order valence-corrected chi connectivity index (χ1v) is 20.5. The fourth-order valence-electron chi connectivity index (χ4n) is 4.97. The third kappa shape index (κ3) is 36.1. The van der Waals surface area contributed by atoms with Gasteiger partial charge in [-0.1, -0.05) is 134 Å². The number of esters is 1. The molecule has 0 rings (SSSR count). The second kappa shape index (κ2) is 32.2. The van der Waals surface area contributed by atoms with Gasteiger partial charge in [-0.25, -0.2) is 0 Å². The first-order chi connectivity index (χ1) is 22.6. The number of carbonyl (C=O) groups excluding carboxylic acids is 1. The van der Waals surface area contributed by atoms with Gasteiger partial charge in [0, 0.05) is 13.0 Å². The predicted molar refractivity (Wildman–Crippen MR) is 194 cm³/mol. The maximum Gasteiger partial charge on any atom is 0.306 e. The molecule has 2 atom stereocenters. The lowest BCUT2D eigenvalue weighted by Crippen LogP contribution is -2.37. The number of ether oxygens (including phenoxy) is 2. The monoisotopic (exact) mass is 688 g/mol. The number of hydrogen-bond donors (Lipinski definition) is 0. The molecule has 0 aliphatic rings. The summed E-state index contributed by atoms with van der Waals surface area (Å²) in [6.45, 7) is 5.35. The molecule has 0 aromatic carbocycles. The van der Waals surface area contributed by atoms with Crippen LogP contribution in [0, 0.1) is 0 Å². The number of hydrogen-bond acceptors (Lipinski definition) is 7. The van der Waals surface area contributed by atoms with Crippen LogP contribution < -0.4 is 4.89 Å². The highest BCUT2D eigenvalue weighted by molar-refractivity contribution is 7.45. The molecule has 0 bridgehead atoms. The van der Waals surface area contributed by atoms with Gasteiger partial charge in [0.25, 0.3) is 7.82 Å². The Morgan fingerprint density at radius 3 is 1.79 bits per heavy atom. The number of likely N-dealkylation sites (N-methyl/N-ethyl adjacent to an activating group) is 1. The van der Waals surface area contributed by atoms with Crippen LogP contribution in [-0.2, 0) is 27.9 Å². The van der Waals surface area contributed by atoms with Crippen molar-refractivity contribution in [1.29, 1.82) is 0 Å². The minimum atomic E-state index is -4.51. The van der Waals surface area contributed by atoms with E-state index in [2.05, 4.69) is 38.2 Å². The number of phosphoric ester groups is 1. The molecule has 0 fully saturated rings. The average molecular weight is 688 g/mol. The Bertz CT molecular complexity index is 812. The SMILES string of the molecule is CCCC/C=C\C/C=C\CCCCCCCC(=O)OC(COCCCCCCCCCCCCC)COP(=O)([O-])OCC[N+](C)(C)C. The third-order valence-corrected chi connectivity index (χ3v) is 8.97. The summed E-state index contributed by atoms with van der Waals surface area (Å²) in [4.78, 5) is 24.9. The van der Waals surface area contributed by atoms with Crippen molar-refractivity contribution in [2.75, 3.05) is 54.1 Å². The van der Waals surface area contributed by atoms with Gasteiger partial charge >= 0.3 is 5.97 Å². The third-order valence-electron chi connectivity index (χ3n) is 8.01. The van der Waals surface area contributed by atoms with Crippen LogP contribution >= 0.6 is 7.82 Å². The molecule has 278 valence electrons. The smallest absolute Gasteiger partial charge is 0.306 e. The molecular weight excluding hydrogens is 613 g/mol. The highest BCUT2D eigenvalue weighted by Crippen LogP contribution is 2.38. The van der Waals surface area contributed by atoms with Crippen molar-refractivity contribution >= 4 is 13.8 Å². The van der Waals surface area contributed by atoms with Crippen molar-refractivity contribution in [3.05, 3.63) is 24.3 Å². The Hall–Kier alpha value is -1.02. The summed E-state index contributed by atoms with van der Waals surface area (Å²) in [6.07, 6.45) is 33.2. The summed E-state index contributed by atoms with van der Waals surface area (Å²) in [6, 6.07) is 0. The van der Waals surface area contributed by atoms with Gasteiger partial charge < -0.3 is 27.9 Å². The minimum absolute atomic E-state index is 0.0246. The van der Waals surface area contributed by atoms with Gasteiger partial charge in [-0.05, 0) is 38.5 Å². The van der Waals surface area contributed by atoms with Gasteiger partial charge in [-0.3, -0.25) is 9.36 Å². The maximum absolute atomic E-state index is 12.6. The highest BCUT2D eigenvalue weighted by Gasteiger charge is 2.20. The van der Waals surface area contributed by atoms with Crippen molar-refractivity contribution in [1.82, 2.24) is 0 Å². The molecule has 0 amide bonds. The van der Waals surface area contributed by atoms with E-state index in [4.69, 9.17) is 18.5 Å². The zero-order valence-electron chi connectivity index (χ0n) is 31.2. The average Bonchev–Trinajstić information content (AvgIpc) is 3.01. The van der Waals surface area contributed by atoms with Crippen molar-refractivity contribution in [3.63, 3.8) is 0 Å². The van der Waals surface area contributed by atoms with E-state index >= 15 is 0 Å². The number of rotatable bonds is 35. The Labute approximate surface area is 290 Å². The molecule has 8 nitrogen and oxygen atoms in total. The summed E-state index contributed by atoms with van der Waals surface area (Å²) >= 11 is 0. The van der Waals surface area contributed by atoms with Crippen LogP contribution in [0.2, 0.25) is 0 Å². The molecule has 0 aliphatic heterocycles. The topological polar surface area (TPSA) is 94.1 Å². The van der Waals surface area contributed by atoms with Crippen LogP contribution in [0.25, 0.3) is 0 Å². The molecule has 0 saturated carbocycles. The van der Waals surface area contributed by atoms with Crippen LogP contribution in [0.1, 0.15) is 155 Å². The fourth-order valence-corrected chi connectivity index (χ4v) is 5.70. The minimum Gasteiger partial charge on any atom is -0.756 e. The number of allylic oxidation sites excluding steroid dienone is 4. The number of carbonyl (C=O) groups is 1. The first kappa shape index (κ1) is 46.0. The normalized spacial score (nSPS) is 14.3. The standard InChI is InChI=1S/C38H74NO7P/c1-6-8-10-12-14-16-18-19-20-21-23-25-27-29-31-38(40)46-37(36-45-47(41,42)44-34-32-39(3,4)5)35-43-33-30-28-26-24-22-17-15-13-11-9-7-2/h12,14,18-19,37H,6-11,13,15-17,20-36H2,1-5H3/b14-12-,19-18-. The summed E-state index contributed by atoms with van der Waals surface area (Å²) in [5, 5.41) is 0. The molecule has 0 N–H and O–H groups in total. The molecule has 0 aliphatic carbocycles. The van der Waals surface area contributed by atoms with E-state index in [0.717, 1.165) is 57.8 Å². The zero-order valence-corrected chi connectivity index (χ0v) is 32.1. The molecule has 0 spiro atoms. The fraction of sp³-hybridized carbons (Fsp3) is 0.868. The maximum atomic E-state index is 12.6. The largest absolute Gasteiger partial charge is 0.756 e. The van der Waals surface area contributed by atoms with Gasteiger partial charge in [-0.2, -0.15) is 0 Å². The molecule has 0 heterocycles. The van der Waals surface area contributed by atoms with E-state index in [0.29, 0.717) is 24.1 Å². The zero-order chi connectivity index (χ0) is 34.9. The van der Waals surface area contributed by atoms with E-state index in [-0.39, 0.29) is 25.8 Å². The second-order valence-corrected chi connectivity index (χ2v) is 15.4. The van der Waals surface area contributed by atoms with Crippen molar-refractivity contribution < 1.29 is 37.3 Å². The lowest BCUT2D eigenvalue weighted by molar-refractivity contribution is -0.870. The summed E-state index contributed by atoms with van der Waals surface area (Å²) in [7, 11) is 1.35. The van der Waals surface area contributed by atoms with Crippen molar-refractivity contribution in [2.45, 2.75) is 161 Å². The quantitative estimate of drug-likeness (QED) is 0.0215. The molecule has 9 heteroatoms. The number of phosphoric acid groups is 1. The summed E-state index contributed by atoms with van der Waals surface area (Å²) in [5.41, 5.74) is 0. The highest BCUT2D eigenvalue weighted by atomic mass is 31.2. The predicted octanol–water partition coefficient (Wildman–Crippen LogP) is 9.86. The molecule has 2 unspecified atom stereocenters. The van der Waals surface area contributed by atoms with E-state index < -0.39 is 13.9 Å². The van der Waals surface area contributed by atoms with E-state index in [1.807, 2.05) is 21.1 Å². The van der Waals surface area contributed by atoms with Crippen molar-refractivity contribution in [3.8, 4) is 0 Å². The van der Waals surface area contributed by atoms with Crippen LogP contribution in [-0.4, -0.2) is 70.7 Å². The molecule has 47 heavy (non-hydrogen) atoms. The van der Waals surface area contributed by atoms with Gasteiger partial charge in [0.1, 0.15) is 19.3 Å². The van der Waals surface area contributed by atoms with Gasteiger partial charge in [0.2, 0.25) is 0 Å². The van der Waals surface area contributed by atoms with Gasteiger partial charge in [0.15, 0.2) is 0 Å². The molecular formula is C38H74NO7P. The van der Waals surface area contributed by atoms with Gasteiger partial charge in [0.05, 0.1) is 34.4 Å². The number of unbranched alkanes of at least 4 members (excludes halogenated alkanes) is 17. The van der Waals surface area contributed by atoms with E-state index in [9.17, 15) is 14.3 Å². The summed E-state index contributed by atoms with van der Waals surface area (Å²) in [5.74, 6) is -0.349. The van der Waals surface area contributed by atoms with E-state index in [1.54, 1.807) is 0 Å². The molecule has 0 aromatic heterocycles.